The van der Waals surface area contributed by atoms with Crippen LogP contribution in [0.1, 0.15) is 29.5 Å². The van der Waals surface area contributed by atoms with Gasteiger partial charge in [-0.25, -0.2) is 0 Å². The van der Waals surface area contributed by atoms with Crippen LogP contribution in [-0.4, -0.2) is 25.0 Å². The first-order valence-electron chi connectivity index (χ1n) is 8.97. The van der Waals surface area contributed by atoms with E-state index in [4.69, 9.17) is 9.15 Å². The molecule has 1 heterocycles. The number of carbonyl (C=O) groups is 2. The summed E-state index contributed by atoms with van der Waals surface area (Å²) in [4.78, 5) is 24.0. The van der Waals surface area contributed by atoms with Gasteiger partial charge in [0, 0.05) is 17.5 Å². The van der Waals surface area contributed by atoms with Crippen LogP contribution in [0.2, 0.25) is 0 Å². The molecule has 0 aliphatic heterocycles. The molecular formula is C22H23NO4. The van der Waals surface area contributed by atoms with Crippen LogP contribution in [0.4, 0.5) is 0 Å². The fourth-order valence-corrected chi connectivity index (χ4v) is 2.90. The minimum Gasteiger partial charge on any atom is -0.464 e. The summed E-state index contributed by atoms with van der Waals surface area (Å²) >= 11 is 0. The van der Waals surface area contributed by atoms with E-state index < -0.39 is 5.97 Å². The minimum atomic E-state index is -0.454. The smallest absolute Gasteiger partial charge is 0.310 e. The molecule has 1 amide bonds. The zero-order valence-corrected chi connectivity index (χ0v) is 15.5. The maximum atomic E-state index is 12.0. The first-order chi connectivity index (χ1) is 13.0. The second-order valence-electron chi connectivity index (χ2n) is 6.71. The molecule has 0 fully saturated rings. The molecule has 0 bridgehead atoms. The van der Waals surface area contributed by atoms with Crippen molar-refractivity contribution in [1.29, 1.82) is 0 Å². The van der Waals surface area contributed by atoms with Crippen LogP contribution in [0.3, 0.4) is 0 Å². The van der Waals surface area contributed by atoms with Crippen LogP contribution in [0, 0.1) is 6.92 Å². The number of benzene rings is 2. The molecule has 3 rings (SSSR count). The standard InChI is InChI=1S/C22H23NO4/c1-15-8-9-19-18(13-26-20(19)10-15)11-22(25)27-14-21(24)23-12-16(2)17-6-4-3-5-7-17/h3-10,13,16H,11-12,14H2,1-2H3,(H,23,24)/t16-/m1/s1. The summed E-state index contributed by atoms with van der Waals surface area (Å²) in [7, 11) is 0. The molecule has 2 aromatic carbocycles. The number of aryl methyl sites for hydroxylation is 1. The molecular weight excluding hydrogens is 342 g/mol. The largest absolute Gasteiger partial charge is 0.464 e. The molecule has 140 valence electrons. The average Bonchev–Trinajstić information content (AvgIpc) is 3.06. The van der Waals surface area contributed by atoms with E-state index in [1.54, 1.807) is 6.26 Å². The number of amides is 1. The molecule has 0 unspecified atom stereocenters. The van der Waals surface area contributed by atoms with Gasteiger partial charge in [0.1, 0.15) is 5.58 Å². The minimum absolute atomic E-state index is 0.0732. The zero-order chi connectivity index (χ0) is 19.2. The number of rotatable bonds is 7. The van der Waals surface area contributed by atoms with E-state index in [9.17, 15) is 9.59 Å². The Morgan fingerprint density at radius 2 is 1.93 bits per heavy atom. The number of furan rings is 1. The Hall–Kier alpha value is -3.08. The van der Waals surface area contributed by atoms with Crippen LogP contribution in [0.15, 0.2) is 59.2 Å². The second kappa shape index (κ2) is 8.54. The third kappa shape index (κ3) is 4.97. The lowest BCUT2D eigenvalue weighted by atomic mass is 10.0. The van der Waals surface area contributed by atoms with Gasteiger partial charge >= 0.3 is 5.97 Å². The first kappa shape index (κ1) is 18.7. The SMILES string of the molecule is Cc1ccc2c(CC(=O)OCC(=O)NC[C@@H](C)c3ccccc3)coc2c1. The lowest BCUT2D eigenvalue weighted by Gasteiger charge is -2.13. The number of fused-ring (bicyclic) bond motifs is 1. The Morgan fingerprint density at radius 3 is 2.70 bits per heavy atom. The predicted octanol–water partition coefficient (Wildman–Crippen LogP) is 3.75. The molecule has 0 radical (unpaired) electrons. The maximum Gasteiger partial charge on any atom is 0.310 e. The maximum absolute atomic E-state index is 12.0. The predicted molar refractivity (Wildman–Crippen MR) is 103 cm³/mol. The number of hydrogen-bond acceptors (Lipinski definition) is 4. The third-order valence-electron chi connectivity index (χ3n) is 4.48. The molecule has 3 aromatic rings. The van der Waals surface area contributed by atoms with Crippen molar-refractivity contribution in [2.24, 2.45) is 0 Å². The van der Waals surface area contributed by atoms with Crippen molar-refractivity contribution in [3.63, 3.8) is 0 Å². The van der Waals surface area contributed by atoms with Gasteiger partial charge in [-0.3, -0.25) is 9.59 Å². The Balaban J connectivity index is 1.45. The molecule has 1 atom stereocenters. The van der Waals surface area contributed by atoms with Gasteiger partial charge in [-0.1, -0.05) is 49.4 Å². The first-order valence-corrected chi connectivity index (χ1v) is 8.97. The summed E-state index contributed by atoms with van der Waals surface area (Å²) in [5, 5.41) is 3.68. The van der Waals surface area contributed by atoms with Gasteiger partial charge in [-0.05, 0) is 30.0 Å². The molecule has 5 nitrogen and oxygen atoms in total. The summed E-state index contributed by atoms with van der Waals surface area (Å²) in [6, 6.07) is 15.8. The van der Waals surface area contributed by atoms with E-state index in [0.29, 0.717) is 6.54 Å². The van der Waals surface area contributed by atoms with Crippen molar-refractivity contribution in [3.05, 3.63) is 71.5 Å². The van der Waals surface area contributed by atoms with E-state index in [1.807, 2.05) is 62.4 Å². The topological polar surface area (TPSA) is 68.5 Å². The highest BCUT2D eigenvalue weighted by atomic mass is 16.5. The Bertz CT molecular complexity index is 930. The fourth-order valence-electron chi connectivity index (χ4n) is 2.90. The van der Waals surface area contributed by atoms with Crippen molar-refractivity contribution in [2.45, 2.75) is 26.2 Å². The molecule has 0 saturated heterocycles. The highest BCUT2D eigenvalue weighted by Crippen LogP contribution is 2.22. The molecule has 5 heteroatoms. The molecule has 1 aromatic heterocycles. The Morgan fingerprint density at radius 1 is 1.15 bits per heavy atom. The Kier molecular flexibility index (Phi) is 5.91. The van der Waals surface area contributed by atoms with Crippen LogP contribution < -0.4 is 5.32 Å². The van der Waals surface area contributed by atoms with Gasteiger partial charge in [0.2, 0.25) is 0 Å². The average molecular weight is 365 g/mol. The van der Waals surface area contributed by atoms with Gasteiger partial charge in [0.25, 0.3) is 5.91 Å². The second-order valence-corrected chi connectivity index (χ2v) is 6.71. The molecule has 0 aliphatic carbocycles. The van der Waals surface area contributed by atoms with Gasteiger partial charge in [-0.2, -0.15) is 0 Å². The molecule has 0 spiro atoms. The van der Waals surface area contributed by atoms with Gasteiger partial charge in [0.05, 0.1) is 12.7 Å². The molecule has 0 saturated carbocycles. The lowest BCUT2D eigenvalue weighted by Crippen LogP contribution is -2.31. The number of hydrogen-bond donors (Lipinski definition) is 1. The third-order valence-corrected chi connectivity index (χ3v) is 4.48. The highest BCUT2D eigenvalue weighted by molar-refractivity contribution is 5.87. The van der Waals surface area contributed by atoms with Crippen molar-refractivity contribution in [3.8, 4) is 0 Å². The number of carbonyl (C=O) groups excluding carboxylic acids is 2. The Labute approximate surface area is 158 Å². The van der Waals surface area contributed by atoms with Crippen molar-refractivity contribution >= 4 is 22.8 Å². The van der Waals surface area contributed by atoms with Gasteiger partial charge in [-0.15, -0.1) is 0 Å². The number of esters is 1. The zero-order valence-electron chi connectivity index (χ0n) is 15.5. The lowest BCUT2D eigenvalue weighted by molar-refractivity contribution is -0.147. The normalized spacial score (nSPS) is 11.9. The highest BCUT2D eigenvalue weighted by Gasteiger charge is 2.14. The summed E-state index contributed by atoms with van der Waals surface area (Å²) in [6.45, 7) is 4.22. The quantitative estimate of drug-likeness (QED) is 0.648. The van der Waals surface area contributed by atoms with Crippen LogP contribution in [-0.2, 0) is 20.7 Å². The van der Waals surface area contributed by atoms with Crippen molar-refractivity contribution in [2.75, 3.05) is 13.2 Å². The van der Waals surface area contributed by atoms with E-state index in [-0.39, 0.29) is 24.9 Å². The monoisotopic (exact) mass is 365 g/mol. The molecule has 0 aliphatic rings. The fraction of sp³-hybridized carbons (Fsp3) is 0.273. The molecule has 1 N–H and O–H groups in total. The van der Waals surface area contributed by atoms with E-state index in [2.05, 4.69) is 5.32 Å². The summed E-state index contributed by atoms with van der Waals surface area (Å²) < 4.78 is 10.6. The van der Waals surface area contributed by atoms with Crippen molar-refractivity contribution in [1.82, 2.24) is 5.32 Å². The van der Waals surface area contributed by atoms with E-state index >= 15 is 0 Å². The van der Waals surface area contributed by atoms with Gasteiger partial charge in [0.15, 0.2) is 6.61 Å². The molecule has 27 heavy (non-hydrogen) atoms. The van der Waals surface area contributed by atoms with E-state index in [0.717, 1.165) is 27.7 Å². The van der Waals surface area contributed by atoms with E-state index in [1.165, 1.54) is 0 Å². The number of ether oxygens (including phenoxy) is 1. The van der Waals surface area contributed by atoms with Crippen molar-refractivity contribution < 1.29 is 18.7 Å². The van der Waals surface area contributed by atoms with Gasteiger partial charge < -0.3 is 14.5 Å². The van der Waals surface area contributed by atoms with Crippen LogP contribution in [0.25, 0.3) is 11.0 Å². The summed E-state index contributed by atoms with van der Waals surface area (Å²) in [5.74, 6) is -0.574. The van der Waals surface area contributed by atoms with Crippen LogP contribution >= 0.6 is 0 Å². The summed E-state index contributed by atoms with van der Waals surface area (Å²) in [5.41, 5.74) is 3.74. The summed E-state index contributed by atoms with van der Waals surface area (Å²) in [6.07, 6.45) is 1.64. The van der Waals surface area contributed by atoms with Crippen LogP contribution in [0.5, 0.6) is 0 Å². The number of nitrogens with one attached hydrogen (secondary N) is 1.